The molecule has 1 spiro atoms. The van der Waals surface area contributed by atoms with Gasteiger partial charge < -0.3 is 20.4 Å². The lowest BCUT2D eigenvalue weighted by molar-refractivity contribution is -0.125. The molecule has 2 saturated heterocycles. The van der Waals surface area contributed by atoms with Gasteiger partial charge in [0.25, 0.3) is 5.91 Å². The monoisotopic (exact) mass is 444 g/mol. The fourth-order valence-electron chi connectivity index (χ4n) is 4.52. The average molecular weight is 445 g/mol. The molecule has 31 heavy (non-hydrogen) atoms. The summed E-state index contributed by atoms with van der Waals surface area (Å²) < 4.78 is 13.7. The highest BCUT2D eigenvalue weighted by Crippen LogP contribution is 2.36. The van der Waals surface area contributed by atoms with E-state index in [4.69, 9.17) is 11.6 Å². The van der Waals surface area contributed by atoms with Gasteiger partial charge in [-0.3, -0.25) is 9.59 Å². The van der Waals surface area contributed by atoms with Crippen molar-refractivity contribution in [3.63, 3.8) is 0 Å². The normalized spacial score (nSPS) is 19.3. The van der Waals surface area contributed by atoms with E-state index in [-0.39, 0.29) is 23.7 Å². The number of nitrogens with one attached hydrogen (secondary N) is 2. The van der Waals surface area contributed by atoms with E-state index in [1.165, 1.54) is 12.1 Å². The van der Waals surface area contributed by atoms with Crippen LogP contribution < -0.4 is 15.5 Å². The zero-order valence-electron chi connectivity index (χ0n) is 17.4. The highest BCUT2D eigenvalue weighted by Gasteiger charge is 2.50. The van der Waals surface area contributed by atoms with Gasteiger partial charge in [-0.15, -0.1) is 0 Å². The molecular formula is C23H26ClFN4O2. The SMILES string of the molecule is C[C@H](CN1CCC2(CC1)C(=O)NCN2c1cccc(F)c1)NC(=O)c1ccc(Cl)cc1. The summed E-state index contributed by atoms with van der Waals surface area (Å²) in [6.07, 6.45) is 1.29. The third-order valence-electron chi connectivity index (χ3n) is 6.16. The molecule has 2 aromatic rings. The van der Waals surface area contributed by atoms with Crippen LogP contribution in [0.15, 0.2) is 48.5 Å². The van der Waals surface area contributed by atoms with Crippen LogP contribution in [0, 0.1) is 5.82 Å². The number of nitrogens with zero attached hydrogens (tertiary/aromatic N) is 2. The summed E-state index contributed by atoms with van der Waals surface area (Å²) in [5, 5.41) is 6.54. The van der Waals surface area contributed by atoms with Crippen LogP contribution >= 0.6 is 11.6 Å². The van der Waals surface area contributed by atoms with Gasteiger partial charge >= 0.3 is 0 Å². The van der Waals surface area contributed by atoms with Crippen molar-refractivity contribution in [2.45, 2.75) is 31.3 Å². The first-order chi connectivity index (χ1) is 14.9. The van der Waals surface area contributed by atoms with Gasteiger partial charge in [-0.05, 0) is 62.2 Å². The molecule has 2 amide bonds. The molecule has 2 fully saturated rings. The highest BCUT2D eigenvalue weighted by molar-refractivity contribution is 6.30. The molecule has 0 bridgehead atoms. The standard InChI is InChI=1S/C23H26ClFN4O2/c1-16(27-21(30)17-5-7-18(24)8-6-17)14-28-11-9-23(10-12-28)22(31)26-15-29(23)20-4-2-3-19(25)13-20/h2-8,13,16H,9-12,14-15H2,1H3,(H,26,31)(H,27,30)/t16-/m1/s1. The Labute approximate surface area is 186 Å². The first kappa shape index (κ1) is 21.6. The zero-order chi connectivity index (χ0) is 22.0. The summed E-state index contributed by atoms with van der Waals surface area (Å²) in [7, 11) is 0. The smallest absolute Gasteiger partial charge is 0.251 e. The molecule has 2 heterocycles. The van der Waals surface area contributed by atoms with E-state index in [1.54, 1.807) is 30.3 Å². The van der Waals surface area contributed by atoms with Crippen LogP contribution in [0.25, 0.3) is 0 Å². The Morgan fingerprint density at radius 1 is 1.23 bits per heavy atom. The van der Waals surface area contributed by atoms with Crippen molar-refractivity contribution in [2.75, 3.05) is 31.2 Å². The maximum Gasteiger partial charge on any atom is 0.251 e. The van der Waals surface area contributed by atoms with Crippen molar-refractivity contribution in [1.29, 1.82) is 0 Å². The molecule has 2 aliphatic heterocycles. The molecule has 6 nitrogen and oxygen atoms in total. The van der Waals surface area contributed by atoms with Crippen molar-refractivity contribution in [3.8, 4) is 0 Å². The quantitative estimate of drug-likeness (QED) is 0.744. The van der Waals surface area contributed by atoms with Crippen LogP contribution in [-0.2, 0) is 4.79 Å². The molecular weight excluding hydrogens is 419 g/mol. The van der Waals surface area contributed by atoms with E-state index in [2.05, 4.69) is 15.5 Å². The van der Waals surface area contributed by atoms with E-state index >= 15 is 0 Å². The Hall–Kier alpha value is -2.64. The molecule has 4 rings (SSSR count). The van der Waals surface area contributed by atoms with Crippen molar-refractivity contribution in [1.82, 2.24) is 15.5 Å². The first-order valence-corrected chi connectivity index (χ1v) is 10.9. The van der Waals surface area contributed by atoms with Crippen LogP contribution in [0.2, 0.25) is 5.02 Å². The lowest BCUT2D eigenvalue weighted by Crippen LogP contribution is -2.57. The summed E-state index contributed by atoms with van der Waals surface area (Å²) in [4.78, 5) is 29.4. The number of carbonyl (C=O) groups excluding carboxylic acids is 2. The van der Waals surface area contributed by atoms with E-state index in [0.717, 1.165) is 18.8 Å². The van der Waals surface area contributed by atoms with Crippen LogP contribution in [0.3, 0.4) is 0 Å². The van der Waals surface area contributed by atoms with Crippen LogP contribution in [0.5, 0.6) is 0 Å². The average Bonchev–Trinajstić information content (AvgIpc) is 3.06. The minimum absolute atomic E-state index is 0.000464. The molecule has 2 N–H and O–H groups in total. The second kappa shape index (κ2) is 8.85. The molecule has 0 aromatic heterocycles. The number of rotatable bonds is 5. The van der Waals surface area contributed by atoms with Crippen molar-refractivity contribution in [2.24, 2.45) is 0 Å². The van der Waals surface area contributed by atoms with Gasteiger partial charge in [0, 0.05) is 41.9 Å². The first-order valence-electron chi connectivity index (χ1n) is 10.5. The van der Waals surface area contributed by atoms with Gasteiger partial charge in [0.2, 0.25) is 5.91 Å². The highest BCUT2D eigenvalue weighted by atomic mass is 35.5. The van der Waals surface area contributed by atoms with E-state index in [1.807, 2.05) is 17.9 Å². The Morgan fingerprint density at radius 3 is 2.61 bits per heavy atom. The molecule has 8 heteroatoms. The van der Waals surface area contributed by atoms with Gasteiger partial charge in [0.1, 0.15) is 11.4 Å². The maximum atomic E-state index is 13.7. The molecule has 1 atom stereocenters. The fourth-order valence-corrected chi connectivity index (χ4v) is 4.64. The zero-order valence-corrected chi connectivity index (χ0v) is 18.2. The largest absolute Gasteiger partial charge is 0.348 e. The summed E-state index contributed by atoms with van der Waals surface area (Å²) in [6, 6.07) is 13.1. The van der Waals surface area contributed by atoms with Gasteiger partial charge in [0.15, 0.2) is 0 Å². The second-order valence-electron chi connectivity index (χ2n) is 8.29. The van der Waals surface area contributed by atoms with Gasteiger partial charge in [-0.2, -0.15) is 0 Å². The number of likely N-dealkylation sites (tertiary alicyclic amines) is 1. The minimum Gasteiger partial charge on any atom is -0.348 e. The van der Waals surface area contributed by atoms with E-state index in [9.17, 15) is 14.0 Å². The molecule has 0 saturated carbocycles. The number of amides is 2. The summed E-state index contributed by atoms with van der Waals surface area (Å²) in [5.41, 5.74) is 0.637. The molecule has 0 unspecified atom stereocenters. The Bertz CT molecular complexity index is 960. The fraction of sp³-hybridized carbons (Fsp3) is 0.391. The number of piperidine rings is 1. The predicted molar refractivity (Wildman–Crippen MR) is 119 cm³/mol. The molecule has 164 valence electrons. The second-order valence-corrected chi connectivity index (χ2v) is 8.72. The number of hydrogen-bond donors (Lipinski definition) is 2. The molecule has 2 aliphatic rings. The van der Waals surface area contributed by atoms with Gasteiger partial charge in [-0.1, -0.05) is 17.7 Å². The topological polar surface area (TPSA) is 64.7 Å². The van der Waals surface area contributed by atoms with Crippen molar-refractivity contribution in [3.05, 3.63) is 64.9 Å². The summed E-state index contributed by atoms with van der Waals surface area (Å²) >= 11 is 5.88. The van der Waals surface area contributed by atoms with Crippen LogP contribution in [0.4, 0.5) is 10.1 Å². The number of halogens is 2. The lowest BCUT2D eigenvalue weighted by Gasteiger charge is -2.43. The van der Waals surface area contributed by atoms with Crippen molar-refractivity contribution >= 4 is 29.1 Å². The van der Waals surface area contributed by atoms with E-state index < -0.39 is 5.54 Å². The van der Waals surface area contributed by atoms with Crippen LogP contribution in [0.1, 0.15) is 30.1 Å². The molecule has 2 aromatic carbocycles. The summed E-state index contributed by atoms with van der Waals surface area (Å²) in [6.45, 7) is 4.49. The Morgan fingerprint density at radius 2 is 1.94 bits per heavy atom. The number of anilines is 1. The third-order valence-corrected chi connectivity index (χ3v) is 6.41. The minimum atomic E-state index is -0.653. The maximum absolute atomic E-state index is 13.7. The lowest BCUT2D eigenvalue weighted by atomic mass is 9.85. The number of benzene rings is 2. The Balaban J connectivity index is 1.35. The number of hydrogen-bond acceptors (Lipinski definition) is 4. The van der Waals surface area contributed by atoms with Gasteiger partial charge in [-0.25, -0.2) is 4.39 Å². The molecule has 0 radical (unpaired) electrons. The summed E-state index contributed by atoms with van der Waals surface area (Å²) in [5.74, 6) is -0.444. The van der Waals surface area contributed by atoms with E-state index in [0.29, 0.717) is 36.6 Å². The number of carbonyl (C=O) groups is 2. The Kier molecular flexibility index (Phi) is 6.16. The molecule has 0 aliphatic carbocycles. The van der Waals surface area contributed by atoms with Crippen molar-refractivity contribution < 1.29 is 14.0 Å². The predicted octanol–water partition coefficient (Wildman–Crippen LogP) is 3.03. The van der Waals surface area contributed by atoms with Crippen LogP contribution in [-0.4, -0.2) is 54.6 Å². The van der Waals surface area contributed by atoms with Gasteiger partial charge in [0.05, 0.1) is 6.67 Å². The third kappa shape index (κ3) is 4.52.